The summed E-state index contributed by atoms with van der Waals surface area (Å²) in [7, 11) is 0. The summed E-state index contributed by atoms with van der Waals surface area (Å²) in [6.07, 6.45) is 4.55. The van der Waals surface area contributed by atoms with Crippen molar-refractivity contribution in [2.45, 2.75) is 32.1 Å². The van der Waals surface area contributed by atoms with Gasteiger partial charge >= 0.3 is 0 Å². The number of ether oxygens (including phenoxy) is 1. The lowest BCUT2D eigenvalue weighted by molar-refractivity contribution is 0.465. The highest BCUT2D eigenvalue weighted by Gasteiger charge is 2.11. The van der Waals surface area contributed by atoms with Crippen LogP contribution in [0.4, 0.5) is 0 Å². The number of hydrogen-bond donors (Lipinski definition) is 0. The molecular weight excluding hydrogens is 258 g/mol. The van der Waals surface area contributed by atoms with Crippen LogP contribution in [0.15, 0.2) is 42.7 Å². The molecule has 0 aliphatic heterocycles. The van der Waals surface area contributed by atoms with Gasteiger partial charge in [0.25, 0.3) is 0 Å². The zero-order chi connectivity index (χ0) is 13.7. The molecule has 2 aromatic rings. The first kappa shape index (κ1) is 13.9. The number of halogens is 1. The Balaban J connectivity index is 2.33. The Morgan fingerprint density at radius 3 is 2.74 bits per heavy atom. The number of rotatable bonds is 5. The maximum atomic E-state index is 6.03. The molecule has 0 saturated carbocycles. The van der Waals surface area contributed by atoms with E-state index in [0.29, 0.717) is 11.8 Å². The molecule has 0 fully saturated rings. The van der Waals surface area contributed by atoms with Crippen LogP contribution in [0.5, 0.6) is 11.5 Å². The third-order valence-corrected chi connectivity index (χ3v) is 3.57. The molecule has 1 aromatic carbocycles. The minimum absolute atomic E-state index is 0.397. The Morgan fingerprint density at radius 2 is 2.00 bits per heavy atom. The lowest BCUT2D eigenvalue weighted by Crippen LogP contribution is -1.97. The van der Waals surface area contributed by atoms with Crippen molar-refractivity contribution in [3.05, 3.63) is 53.9 Å². The van der Waals surface area contributed by atoms with Crippen molar-refractivity contribution in [1.82, 2.24) is 4.98 Å². The van der Waals surface area contributed by atoms with E-state index in [4.69, 9.17) is 16.3 Å². The van der Waals surface area contributed by atoms with Crippen molar-refractivity contribution in [3.63, 3.8) is 0 Å². The SMILES string of the molecule is CCC(C)c1ccccc1Oc1ccncc1CCl. The van der Waals surface area contributed by atoms with Crippen LogP contribution in [-0.2, 0) is 5.88 Å². The first-order chi connectivity index (χ1) is 9.26. The van der Waals surface area contributed by atoms with Gasteiger partial charge < -0.3 is 4.74 Å². The molecule has 0 radical (unpaired) electrons. The molecule has 1 heterocycles. The van der Waals surface area contributed by atoms with Gasteiger partial charge in [-0.3, -0.25) is 4.98 Å². The topological polar surface area (TPSA) is 22.1 Å². The molecule has 0 N–H and O–H groups in total. The Kier molecular flexibility index (Phi) is 4.80. The van der Waals surface area contributed by atoms with Gasteiger partial charge in [0.2, 0.25) is 0 Å². The van der Waals surface area contributed by atoms with Crippen LogP contribution in [0.2, 0.25) is 0 Å². The fourth-order valence-corrected chi connectivity index (χ4v) is 2.13. The Hall–Kier alpha value is -1.54. The van der Waals surface area contributed by atoms with E-state index in [1.54, 1.807) is 12.4 Å². The average Bonchev–Trinajstić information content (AvgIpc) is 2.47. The van der Waals surface area contributed by atoms with E-state index in [1.165, 1.54) is 5.56 Å². The predicted octanol–water partition coefficient (Wildman–Crippen LogP) is 5.13. The van der Waals surface area contributed by atoms with E-state index in [-0.39, 0.29) is 0 Å². The summed E-state index contributed by atoms with van der Waals surface area (Å²) in [5.74, 6) is 2.54. The van der Waals surface area contributed by atoms with Crippen LogP contribution in [-0.4, -0.2) is 4.98 Å². The maximum absolute atomic E-state index is 6.03. The molecule has 3 heteroatoms. The third-order valence-electron chi connectivity index (χ3n) is 3.29. The van der Waals surface area contributed by atoms with Gasteiger partial charge in [-0.2, -0.15) is 0 Å². The Morgan fingerprint density at radius 1 is 1.21 bits per heavy atom. The second-order valence-corrected chi connectivity index (χ2v) is 4.83. The van der Waals surface area contributed by atoms with Crippen LogP contribution < -0.4 is 4.74 Å². The number of pyridine rings is 1. The van der Waals surface area contributed by atoms with Gasteiger partial charge in [-0.05, 0) is 30.0 Å². The van der Waals surface area contributed by atoms with Crippen LogP contribution in [0.25, 0.3) is 0 Å². The first-order valence-electron chi connectivity index (χ1n) is 6.51. The van der Waals surface area contributed by atoms with Gasteiger partial charge in [0.05, 0.1) is 5.88 Å². The summed E-state index contributed by atoms with van der Waals surface area (Å²) < 4.78 is 6.03. The van der Waals surface area contributed by atoms with Crippen molar-refractivity contribution >= 4 is 11.6 Å². The summed E-state index contributed by atoms with van der Waals surface area (Å²) >= 11 is 5.91. The molecule has 1 unspecified atom stereocenters. The van der Waals surface area contributed by atoms with Crippen LogP contribution >= 0.6 is 11.6 Å². The molecule has 100 valence electrons. The van der Waals surface area contributed by atoms with Gasteiger partial charge in [-0.15, -0.1) is 11.6 Å². The van der Waals surface area contributed by atoms with Crippen molar-refractivity contribution < 1.29 is 4.74 Å². The summed E-state index contributed by atoms with van der Waals surface area (Å²) in [6, 6.07) is 10.0. The van der Waals surface area contributed by atoms with E-state index >= 15 is 0 Å². The zero-order valence-electron chi connectivity index (χ0n) is 11.3. The summed E-state index contributed by atoms with van der Waals surface area (Å²) in [6.45, 7) is 4.38. The highest BCUT2D eigenvalue weighted by Crippen LogP contribution is 2.33. The van der Waals surface area contributed by atoms with E-state index in [1.807, 2.05) is 24.3 Å². The number of aromatic nitrogens is 1. The lowest BCUT2D eigenvalue weighted by atomic mass is 9.98. The number of para-hydroxylation sites is 1. The van der Waals surface area contributed by atoms with Crippen molar-refractivity contribution in [2.24, 2.45) is 0 Å². The van der Waals surface area contributed by atoms with E-state index in [9.17, 15) is 0 Å². The average molecular weight is 276 g/mol. The molecule has 1 aromatic heterocycles. The van der Waals surface area contributed by atoms with Gasteiger partial charge in [0.15, 0.2) is 0 Å². The molecule has 0 aliphatic rings. The molecule has 19 heavy (non-hydrogen) atoms. The smallest absolute Gasteiger partial charge is 0.134 e. The van der Waals surface area contributed by atoms with Crippen LogP contribution in [0, 0.1) is 0 Å². The molecule has 0 bridgehead atoms. The summed E-state index contributed by atoms with van der Waals surface area (Å²) in [5, 5.41) is 0. The normalized spacial score (nSPS) is 12.2. The molecule has 0 spiro atoms. The zero-order valence-corrected chi connectivity index (χ0v) is 12.0. The van der Waals surface area contributed by atoms with E-state index in [2.05, 4.69) is 24.9 Å². The standard InChI is InChI=1S/C16H18ClNO/c1-3-12(2)14-6-4-5-7-16(14)19-15-8-9-18-11-13(15)10-17/h4-9,11-12H,3,10H2,1-2H3. The molecule has 2 rings (SSSR count). The lowest BCUT2D eigenvalue weighted by Gasteiger charge is -2.16. The Bertz CT molecular complexity index is 542. The fraction of sp³-hybridized carbons (Fsp3) is 0.312. The van der Waals surface area contributed by atoms with Crippen LogP contribution in [0.1, 0.15) is 37.3 Å². The maximum Gasteiger partial charge on any atom is 0.134 e. The molecule has 2 nitrogen and oxygen atoms in total. The number of alkyl halides is 1. The molecule has 1 atom stereocenters. The van der Waals surface area contributed by atoms with Gasteiger partial charge in [0, 0.05) is 18.0 Å². The third kappa shape index (κ3) is 3.27. The van der Waals surface area contributed by atoms with Crippen molar-refractivity contribution in [2.75, 3.05) is 0 Å². The predicted molar refractivity (Wildman–Crippen MR) is 79.0 cm³/mol. The van der Waals surface area contributed by atoms with E-state index < -0.39 is 0 Å². The van der Waals surface area contributed by atoms with Gasteiger partial charge in [0.1, 0.15) is 11.5 Å². The highest BCUT2D eigenvalue weighted by atomic mass is 35.5. The second kappa shape index (κ2) is 6.58. The van der Waals surface area contributed by atoms with Gasteiger partial charge in [-0.1, -0.05) is 32.0 Å². The van der Waals surface area contributed by atoms with Crippen LogP contribution in [0.3, 0.4) is 0 Å². The number of benzene rings is 1. The second-order valence-electron chi connectivity index (χ2n) is 4.57. The molecule has 0 saturated heterocycles. The Labute approximate surface area is 119 Å². The van der Waals surface area contributed by atoms with Gasteiger partial charge in [-0.25, -0.2) is 0 Å². The summed E-state index contributed by atoms with van der Waals surface area (Å²) in [4.78, 5) is 4.07. The minimum atomic E-state index is 0.397. The van der Waals surface area contributed by atoms with E-state index in [0.717, 1.165) is 23.5 Å². The van der Waals surface area contributed by atoms with Crippen molar-refractivity contribution in [3.8, 4) is 11.5 Å². The molecular formula is C16H18ClNO. The minimum Gasteiger partial charge on any atom is -0.457 e. The molecule has 0 amide bonds. The number of nitrogens with zero attached hydrogens (tertiary/aromatic N) is 1. The first-order valence-corrected chi connectivity index (χ1v) is 7.05. The number of hydrogen-bond acceptors (Lipinski definition) is 2. The monoisotopic (exact) mass is 275 g/mol. The largest absolute Gasteiger partial charge is 0.457 e. The highest BCUT2D eigenvalue weighted by molar-refractivity contribution is 6.17. The van der Waals surface area contributed by atoms with Crippen molar-refractivity contribution in [1.29, 1.82) is 0 Å². The quantitative estimate of drug-likeness (QED) is 0.706. The summed E-state index contributed by atoms with van der Waals surface area (Å²) in [5.41, 5.74) is 2.13. The molecule has 0 aliphatic carbocycles. The fourth-order valence-electron chi connectivity index (χ4n) is 1.93.